The quantitative estimate of drug-likeness (QED) is 0.720. The number of anilines is 1. The van der Waals surface area contributed by atoms with Gasteiger partial charge in [-0.25, -0.2) is 4.79 Å². The molecule has 1 unspecified atom stereocenters. The van der Waals surface area contributed by atoms with Gasteiger partial charge in [-0.05, 0) is 63.9 Å². The molecule has 2 aromatic rings. The molecule has 0 spiro atoms. The van der Waals surface area contributed by atoms with Crippen LogP contribution >= 0.6 is 0 Å². The molecule has 0 aromatic heterocycles. The Kier molecular flexibility index (Phi) is 7.04. The third-order valence-electron chi connectivity index (χ3n) is 4.14. The second-order valence-corrected chi connectivity index (χ2v) is 6.84. The largest absolute Gasteiger partial charge is 0.493 e. The summed E-state index contributed by atoms with van der Waals surface area (Å²) < 4.78 is 16.2. The summed E-state index contributed by atoms with van der Waals surface area (Å²) in [5.41, 5.74) is 2.89. The van der Waals surface area contributed by atoms with E-state index in [1.54, 1.807) is 12.1 Å². The van der Waals surface area contributed by atoms with E-state index in [4.69, 9.17) is 14.2 Å². The molecule has 1 amide bonds. The van der Waals surface area contributed by atoms with Crippen molar-refractivity contribution in [2.24, 2.45) is 0 Å². The van der Waals surface area contributed by atoms with Crippen molar-refractivity contribution in [3.05, 3.63) is 53.1 Å². The molecule has 150 valence electrons. The van der Waals surface area contributed by atoms with Crippen molar-refractivity contribution in [2.45, 2.75) is 46.8 Å². The Morgan fingerprint density at radius 2 is 1.61 bits per heavy atom. The van der Waals surface area contributed by atoms with Crippen molar-refractivity contribution in [2.75, 3.05) is 12.4 Å². The minimum absolute atomic E-state index is 0.0275. The molecule has 0 aliphatic carbocycles. The van der Waals surface area contributed by atoms with Crippen LogP contribution in [0.1, 0.15) is 42.3 Å². The van der Waals surface area contributed by atoms with Gasteiger partial charge in [-0.15, -0.1) is 0 Å². The Hall–Kier alpha value is -3.02. The van der Waals surface area contributed by atoms with E-state index in [9.17, 15) is 9.59 Å². The molecule has 6 nitrogen and oxygen atoms in total. The normalized spacial score (nSPS) is 11.7. The molecule has 0 radical (unpaired) electrons. The average Bonchev–Trinajstić information content (AvgIpc) is 2.64. The molecule has 6 heteroatoms. The predicted octanol–water partition coefficient (Wildman–Crippen LogP) is 4.28. The van der Waals surface area contributed by atoms with Crippen LogP contribution in [0.25, 0.3) is 0 Å². The van der Waals surface area contributed by atoms with Gasteiger partial charge >= 0.3 is 5.97 Å². The highest BCUT2D eigenvalue weighted by Crippen LogP contribution is 2.29. The molecular weight excluding hydrogens is 358 g/mol. The molecule has 2 aromatic carbocycles. The molecule has 1 N–H and O–H groups in total. The maximum atomic E-state index is 12.4. The fraction of sp³-hybridized carbons (Fsp3) is 0.364. The van der Waals surface area contributed by atoms with Gasteiger partial charge in [0.1, 0.15) is 0 Å². The van der Waals surface area contributed by atoms with Crippen molar-refractivity contribution in [1.29, 1.82) is 0 Å². The molecule has 0 saturated heterocycles. The molecule has 0 aliphatic rings. The van der Waals surface area contributed by atoms with E-state index in [0.717, 1.165) is 16.8 Å². The van der Waals surface area contributed by atoms with Crippen LogP contribution in [0.15, 0.2) is 36.4 Å². The molecule has 2 rings (SSSR count). The zero-order valence-electron chi connectivity index (χ0n) is 17.2. The van der Waals surface area contributed by atoms with Crippen LogP contribution < -0.4 is 14.8 Å². The third-order valence-corrected chi connectivity index (χ3v) is 4.14. The Labute approximate surface area is 165 Å². The molecular formula is C22H27NO5. The number of carbonyl (C=O) groups excluding carboxylic acids is 2. The summed E-state index contributed by atoms with van der Waals surface area (Å²) in [6.45, 7) is 9.16. The lowest BCUT2D eigenvalue weighted by atomic mass is 10.1. The van der Waals surface area contributed by atoms with E-state index < -0.39 is 18.0 Å². The van der Waals surface area contributed by atoms with E-state index >= 15 is 0 Å². The minimum atomic E-state index is -0.955. The first kappa shape index (κ1) is 21.3. The summed E-state index contributed by atoms with van der Waals surface area (Å²) in [6.07, 6.45) is -0.982. The van der Waals surface area contributed by atoms with E-state index in [2.05, 4.69) is 5.32 Å². The first-order valence-corrected chi connectivity index (χ1v) is 9.15. The van der Waals surface area contributed by atoms with Gasteiger partial charge < -0.3 is 19.5 Å². The van der Waals surface area contributed by atoms with Crippen LogP contribution in [0.4, 0.5) is 5.69 Å². The highest BCUT2D eigenvalue weighted by atomic mass is 16.5. The lowest BCUT2D eigenvalue weighted by Gasteiger charge is -2.17. The lowest BCUT2D eigenvalue weighted by molar-refractivity contribution is -0.123. The Bertz CT molecular complexity index is 840. The van der Waals surface area contributed by atoms with E-state index in [1.165, 1.54) is 20.1 Å². The van der Waals surface area contributed by atoms with Gasteiger partial charge in [-0.3, -0.25) is 4.79 Å². The first-order chi connectivity index (χ1) is 13.2. The maximum absolute atomic E-state index is 12.4. The van der Waals surface area contributed by atoms with Gasteiger partial charge in [0.05, 0.1) is 18.8 Å². The summed E-state index contributed by atoms with van der Waals surface area (Å²) in [6, 6.07) is 10.5. The number of ether oxygens (including phenoxy) is 3. The fourth-order valence-corrected chi connectivity index (χ4v) is 2.66. The van der Waals surface area contributed by atoms with E-state index in [-0.39, 0.29) is 11.7 Å². The van der Waals surface area contributed by atoms with Crippen LogP contribution in [0.5, 0.6) is 11.5 Å². The molecule has 0 bridgehead atoms. The first-order valence-electron chi connectivity index (χ1n) is 9.15. The summed E-state index contributed by atoms with van der Waals surface area (Å²) in [5, 5.41) is 2.83. The van der Waals surface area contributed by atoms with Gasteiger partial charge in [-0.1, -0.05) is 18.2 Å². The Morgan fingerprint density at radius 1 is 0.964 bits per heavy atom. The number of benzene rings is 2. The van der Waals surface area contributed by atoms with Crippen LogP contribution in [0.2, 0.25) is 0 Å². The highest BCUT2D eigenvalue weighted by Gasteiger charge is 2.21. The highest BCUT2D eigenvalue weighted by molar-refractivity contribution is 5.98. The summed E-state index contributed by atoms with van der Waals surface area (Å²) >= 11 is 0. The molecule has 0 saturated carbocycles. The number of amides is 1. The molecule has 1 atom stereocenters. The number of para-hydroxylation sites is 1. The van der Waals surface area contributed by atoms with E-state index in [0.29, 0.717) is 11.5 Å². The minimum Gasteiger partial charge on any atom is -0.493 e. The number of hydrogen-bond donors (Lipinski definition) is 1. The van der Waals surface area contributed by atoms with Gasteiger partial charge in [0.15, 0.2) is 17.6 Å². The number of aryl methyl sites for hydroxylation is 2. The molecule has 28 heavy (non-hydrogen) atoms. The van der Waals surface area contributed by atoms with Crippen molar-refractivity contribution in [3.8, 4) is 11.5 Å². The number of methoxy groups -OCH3 is 1. The monoisotopic (exact) mass is 385 g/mol. The Balaban J connectivity index is 2.08. The summed E-state index contributed by atoms with van der Waals surface area (Å²) in [7, 11) is 1.50. The smallest absolute Gasteiger partial charge is 0.339 e. The average molecular weight is 385 g/mol. The number of nitrogens with one attached hydrogen (secondary N) is 1. The number of hydrogen-bond acceptors (Lipinski definition) is 5. The van der Waals surface area contributed by atoms with Gasteiger partial charge in [0, 0.05) is 5.69 Å². The number of carbonyl (C=O) groups is 2. The van der Waals surface area contributed by atoms with Crippen LogP contribution in [0.3, 0.4) is 0 Å². The molecule has 0 heterocycles. The van der Waals surface area contributed by atoms with E-state index in [1.807, 2.05) is 45.9 Å². The van der Waals surface area contributed by atoms with Gasteiger partial charge in [0.2, 0.25) is 0 Å². The topological polar surface area (TPSA) is 73.9 Å². The van der Waals surface area contributed by atoms with Crippen molar-refractivity contribution >= 4 is 17.6 Å². The lowest BCUT2D eigenvalue weighted by Crippen LogP contribution is -2.30. The predicted molar refractivity (Wildman–Crippen MR) is 108 cm³/mol. The SMILES string of the molecule is COc1cc(C(=O)OC(C)C(=O)Nc2c(C)cccc2C)ccc1OC(C)C. The van der Waals surface area contributed by atoms with Gasteiger partial charge in [-0.2, -0.15) is 0 Å². The summed E-state index contributed by atoms with van der Waals surface area (Å²) in [4.78, 5) is 24.9. The standard InChI is InChI=1S/C22H27NO5/c1-13(2)27-18-11-10-17(12-19(18)26-6)22(25)28-16(5)21(24)23-20-14(3)8-7-9-15(20)4/h7-13,16H,1-6H3,(H,23,24). The third kappa shape index (κ3) is 5.25. The van der Waals surface area contributed by atoms with Crippen molar-refractivity contribution in [1.82, 2.24) is 0 Å². The second kappa shape index (κ2) is 9.26. The zero-order valence-corrected chi connectivity index (χ0v) is 17.2. The van der Waals surface area contributed by atoms with Crippen LogP contribution in [-0.2, 0) is 9.53 Å². The number of esters is 1. The fourth-order valence-electron chi connectivity index (χ4n) is 2.66. The van der Waals surface area contributed by atoms with Gasteiger partial charge in [0.25, 0.3) is 5.91 Å². The zero-order chi connectivity index (χ0) is 20.8. The van der Waals surface area contributed by atoms with Crippen molar-refractivity contribution < 1.29 is 23.8 Å². The van der Waals surface area contributed by atoms with Crippen LogP contribution in [0, 0.1) is 13.8 Å². The maximum Gasteiger partial charge on any atom is 0.339 e. The molecule has 0 fully saturated rings. The Morgan fingerprint density at radius 3 is 2.18 bits per heavy atom. The van der Waals surface area contributed by atoms with Crippen LogP contribution in [-0.4, -0.2) is 31.2 Å². The molecule has 0 aliphatic heterocycles. The summed E-state index contributed by atoms with van der Waals surface area (Å²) in [5.74, 6) is -0.0401. The number of rotatable bonds is 7. The second-order valence-electron chi connectivity index (χ2n) is 6.84. The van der Waals surface area contributed by atoms with Crippen molar-refractivity contribution in [3.63, 3.8) is 0 Å².